The zero-order chi connectivity index (χ0) is 29.2. The minimum absolute atomic E-state index is 0. The Kier molecular flexibility index (Phi) is 12.6. The van der Waals surface area contributed by atoms with E-state index >= 15 is 0 Å². The number of benzene rings is 6. The zero-order valence-corrected chi connectivity index (χ0v) is 27.7. The summed E-state index contributed by atoms with van der Waals surface area (Å²) in [6.07, 6.45) is 5.97. The van der Waals surface area contributed by atoms with Crippen LogP contribution >= 0.6 is 14.5 Å². The van der Waals surface area contributed by atoms with Gasteiger partial charge in [0.15, 0.2) is 0 Å². The predicted molar refractivity (Wildman–Crippen MR) is 205 cm³/mol. The maximum atomic E-state index is 2.37. The molecule has 45 heavy (non-hydrogen) atoms. The van der Waals surface area contributed by atoms with Crippen molar-refractivity contribution in [2.45, 2.75) is 19.3 Å². The molecule has 6 aromatic rings. The second kappa shape index (κ2) is 16.6. The average molecular weight is 616 g/mol. The molecule has 0 aromatic heterocycles. The summed E-state index contributed by atoms with van der Waals surface area (Å²) in [4.78, 5) is 0. The Morgan fingerprint density at radius 3 is 0.600 bits per heavy atom. The first kappa shape index (κ1) is 34.2. The van der Waals surface area contributed by atoms with Gasteiger partial charge in [-0.15, -0.1) is 0 Å². The van der Waals surface area contributed by atoms with Gasteiger partial charge in [-0.3, -0.25) is 0 Å². The molecule has 8 radical (unpaired) electrons. The highest BCUT2D eigenvalue weighted by Crippen LogP contribution is 2.58. The van der Waals surface area contributed by atoms with Crippen molar-refractivity contribution >= 4 is 63.2 Å². The van der Waals surface area contributed by atoms with Crippen LogP contribution in [0.1, 0.15) is 19.3 Å². The molecule has 4 heteroatoms. The SMILES string of the molecule is [B-].[B-].c1ccc([P+](CCCCC[P+](c2ccccc2)(c2ccccc2)c2ccccc2)(c2ccccc2)c2ccccc2)cc1. The van der Waals surface area contributed by atoms with Crippen LogP contribution in [0.25, 0.3) is 0 Å². The van der Waals surface area contributed by atoms with E-state index < -0.39 is 14.5 Å². The first-order valence-corrected chi connectivity index (χ1v) is 19.4. The van der Waals surface area contributed by atoms with E-state index in [0.717, 1.165) is 0 Å². The number of rotatable bonds is 12. The van der Waals surface area contributed by atoms with E-state index in [2.05, 4.69) is 182 Å². The molecule has 0 saturated carbocycles. The van der Waals surface area contributed by atoms with Gasteiger partial charge in [-0.2, -0.15) is 0 Å². The molecule has 0 atom stereocenters. The van der Waals surface area contributed by atoms with Crippen molar-refractivity contribution in [2.75, 3.05) is 12.3 Å². The Hall–Kier alpha value is -3.69. The lowest BCUT2D eigenvalue weighted by Crippen LogP contribution is -2.34. The standard InChI is InChI=1S/C41H40P2.2B/c1-8-22-36(23-9-1)42(37-24-10-2-11-25-37,38-26-12-3-13-27-38)34-20-7-21-35-43(39-28-14-4-15-29-39,40-30-16-5-17-31-40)41-32-18-6-19-33-41;;/h1-6,8-19,22-33H,7,20-21,34-35H2;;/q+2;2*-1. The van der Waals surface area contributed by atoms with Gasteiger partial charge in [0, 0.05) is 0 Å². The lowest BCUT2D eigenvalue weighted by molar-refractivity contribution is 0.780. The van der Waals surface area contributed by atoms with E-state index in [0.29, 0.717) is 0 Å². The lowest BCUT2D eigenvalue weighted by Gasteiger charge is -2.29. The highest BCUT2D eigenvalue weighted by molar-refractivity contribution is 7.96. The molecule has 0 aliphatic rings. The minimum atomic E-state index is -1.80. The predicted octanol–water partition coefficient (Wildman–Crippen LogP) is 7.38. The van der Waals surface area contributed by atoms with Crippen molar-refractivity contribution in [3.63, 3.8) is 0 Å². The summed E-state index contributed by atoms with van der Waals surface area (Å²) in [5, 5.41) is 8.87. The summed E-state index contributed by atoms with van der Waals surface area (Å²) in [6.45, 7) is 0. The van der Waals surface area contributed by atoms with Gasteiger partial charge in [0.25, 0.3) is 0 Å². The van der Waals surface area contributed by atoms with E-state index in [1.807, 2.05) is 0 Å². The summed E-state index contributed by atoms with van der Waals surface area (Å²) in [6, 6.07) is 67.9. The molecule has 0 heterocycles. The van der Waals surface area contributed by atoms with Crippen LogP contribution in [0, 0.1) is 0 Å². The maximum Gasteiger partial charge on any atom is 0.112 e. The van der Waals surface area contributed by atoms with E-state index in [1.165, 1.54) is 63.4 Å². The van der Waals surface area contributed by atoms with Crippen molar-refractivity contribution in [3.05, 3.63) is 182 Å². The van der Waals surface area contributed by atoms with E-state index in [9.17, 15) is 0 Å². The molecule has 0 spiro atoms. The molecular formula is C41H40B2P2. The van der Waals surface area contributed by atoms with Gasteiger partial charge < -0.3 is 16.8 Å². The van der Waals surface area contributed by atoms with Gasteiger partial charge in [0.05, 0.1) is 12.3 Å². The molecular weight excluding hydrogens is 576 g/mol. The molecule has 0 saturated heterocycles. The summed E-state index contributed by atoms with van der Waals surface area (Å²) < 4.78 is 0. The Morgan fingerprint density at radius 2 is 0.422 bits per heavy atom. The Bertz CT molecular complexity index is 1340. The first-order valence-electron chi connectivity index (χ1n) is 15.4. The summed E-state index contributed by atoms with van der Waals surface area (Å²) in [5.41, 5.74) is 0. The third kappa shape index (κ3) is 7.25. The first-order chi connectivity index (χ1) is 21.3. The van der Waals surface area contributed by atoms with Crippen molar-refractivity contribution in [3.8, 4) is 0 Å². The van der Waals surface area contributed by atoms with Crippen LogP contribution in [0.2, 0.25) is 0 Å². The third-order valence-electron chi connectivity index (χ3n) is 8.67. The van der Waals surface area contributed by atoms with Crippen LogP contribution in [0.5, 0.6) is 0 Å². The van der Waals surface area contributed by atoms with Crippen LogP contribution < -0.4 is 31.8 Å². The van der Waals surface area contributed by atoms with Crippen LogP contribution in [0.15, 0.2) is 182 Å². The molecule has 0 aliphatic heterocycles. The van der Waals surface area contributed by atoms with Gasteiger partial charge in [-0.1, -0.05) is 109 Å². The lowest BCUT2D eigenvalue weighted by atomic mass is 10.3. The zero-order valence-electron chi connectivity index (χ0n) is 25.9. The highest BCUT2D eigenvalue weighted by Gasteiger charge is 2.46. The highest BCUT2D eigenvalue weighted by atomic mass is 31.2. The molecule has 6 aromatic carbocycles. The molecule has 220 valence electrons. The normalized spacial score (nSPS) is 11.2. The van der Waals surface area contributed by atoms with Crippen LogP contribution in [-0.4, -0.2) is 29.1 Å². The van der Waals surface area contributed by atoms with E-state index in [1.54, 1.807) is 0 Å². The average Bonchev–Trinajstić information content (AvgIpc) is 3.11. The number of unbranched alkanes of at least 4 members (excludes halogenated alkanes) is 2. The van der Waals surface area contributed by atoms with Gasteiger partial charge in [0.2, 0.25) is 0 Å². The number of hydrogen-bond acceptors (Lipinski definition) is 0. The number of hydrogen-bond donors (Lipinski definition) is 0. The van der Waals surface area contributed by atoms with Crippen molar-refractivity contribution in [2.24, 2.45) is 0 Å². The molecule has 0 bridgehead atoms. The molecule has 0 fully saturated rings. The van der Waals surface area contributed by atoms with E-state index in [4.69, 9.17) is 0 Å². The van der Waals surface area contributed by atoms with Crippen molar-refractivity contribution in [1.82, 2.24) is 0 Å². The second-order valence-electron chi connectivity index (χ2n) is 11.1. The van der Waals surface area contributed by atoms with Gasteiger partial charge in [0.1, 0.15) is 46.4 Å². The maximum absolute atomic E-state index is 2.37. The van der Waals surface area contributed by atoms with Crippen molar-refractivity contribution in [1.29, 1.82) is 0 Å². The van der Waals surface area contributed by atoms with Crippen molar-refractivity contribution < 1.29 is 0 Å². The van der Waals surface area contributed by atoms with E-state index in [-0.39, 0.29) is 16.8 Å². The topological polar surface area (TPSA) is 0 Å². The van der Waals surface area contributed by atoms with Crippen LogP contribution in [-0.2, 0) is 0 Å². The second-order valence-corrected chi connectivity index (χ2v) is 18.4. The quantitative estimate of drug-likeness (QED) is 0.0765. The largest absolute Gasteiger partial charge is 1.00 e. The molecule has 0 N–H and O–H groups in total. The van der Waals surface area contributed by atoms with Gasteiger partial charge in [-0.05, 0) is 92.1 Å². The summed E-state index contributed by atoms with van der Waals surface area (Å²) in [7, 11) is -3.60. The Labute approximate surface area is 275 Å². The van der Waals surface area contributed by atoms with Crippen LogP contribution in [0.3, 0.4) is 0 Å². The fourth-order valence-electron chi connectivity index (χ4n) is 6.64. The summed E-state index contributed by atoms with van der Waals surface area (Å²) in [5.74, 6) is 0. The van der Waals surface area contributed by atoms with Crippen LogP contribution in [0.4, 0.5) is 0 Å². The monoisotopic (exact) mass is 616 g/mol. The molecule has 0 unspecified atom stereocenters. The minimum Gasteiger partial charge on any atom is -1.00 e. The smallest absolute Gasteiger partial charge is 0.112 e. The van der Waals surface area contributed by atoms with Gasteiger partial charge >= 0.3 is 0 Å². The summed E-state index contributed by atoms with van der Waals surface area (Å²) >= 11 is 0. The Balaban J connectivity index is 0.00000230. The molecule has 0 nitrogen and oxygen atoms in total. The Morgan fingerprint density at radius 1 is 0.244 bits per heavy atom. The fourth-order valence-corrected chi connectivity index (χ4v) is 15.5. The molecule has 0 aliphatic carbocycles. The fraction of sp³-hybridized carbons (Fsp3) is 0.122. The molecule has 6 rings (SSSR count). The third-order valence-corrected chi connectivity index (χ3v) is 17.7. The van der Waals surface area contributed by atoms with Gasteiger partial charge in [-0.25, -0.2) is 0 Å². The molecule has 0 amide bonds.